The zero-order valence-corrected chi connectivity index (χ0v) is 11.3. The number of nitrogens with one attached hydrogen (secondary N) is 1. The topological polar surface area (TPSA) is 62.9 Å². The van der Waals surface area contributed by atoms with Crippen LogP contribution in [-0.2, 0) is 4.84 Å². The van der Waals surface area contributed by atoms with E-state index in [2.05, 4.69) is 10.6 Å². The maximum absolute atomic E-state index is 11.8. The monoisotopic (exact) mass is 244 g/mol. The first kappa shape index (κ1) is 14.0. The molecule has 0 radical (unpaired) electrons. The fourth-order valence-corrected chi connectivity index (χ4v) is 1.90. The lowest BCUT2D eigenvalue weighted by Gasteiger charge is -2.29. The zero-order chi connectivity index (χ0) is 12.9. The van der Waals surface area contributed by atoms with Gasteiger partial charge in [0.2, 0.25) is 5.28 Å². The lowest BCUT2D eigenvalue weighted by atomic mass is 10.1. The second-order valence-electron chi connectivity index (χ2n) is 5.28. The van der Waals surface area contributed by atoms with Crippen LogP contribution in [0.1, 0.15) is 40.5 Å². The van der Waals surface area contributed by atoms with Crippen molar-refractivity contribution >= 4 is 0 Å². The minimum atomic E-state index is -0.252. The Morgan fingerprint density at radius 2 is 2.00 bits per heavy atom. The fraction of sp³-hybridized carbons (Fsp3) is 1.00. The largest absolute Gasteiger partial charge is 0.569 e. The summed E-state index contributed by atoms with van der Waals surface area (Å²) in [4.78, 5) is 5.85. The van der Waals surface area contributed by atoms with E-state index in [0.29, 0.717) is 11.5 Å². The minimum absolute atomic E-state index is 0.0615. The summed E-state index contributed by atoms with van der Waals surface area (Å²) >= 11 is 0. The SMILES string of the molecule is CCN(/[N+]([O-])=N/OC1CCNCC1)C(C)(C)C. The lowest BCUT2D eigenvalue weighted by molar-refractivity contribution is -0.725. The summed E-state index contributed by atoms with van der Waals surface area (Å²) in [7, 11) is 0. The Morgan fingerprint density at radius 1 is 1.41 bits per heavy atom. The van der Waals surface area contributed by atoms with Crippen molar-refractivity contribution in [3.8, 4) is 0 Å². The number of hydrogen-bond acceptors (Lipinski definition) is 4. The van der Waals surface area contributed by atoms with Crippen LogP contribution in [0.5, 0.6) is 0 Å². The summed E-state index contributed by atoms with van der Waals surface area (Å²) in [5.41, 5.74) is -0.252. The normalized spacial score (nSPS) is 19.2. The van der Waals surface area contributed by atoms with Gasteiger partial charge in [-0.15, -0.1) is 5.01 Å². The first-order valence-electron chi connectivity index (χ1n) is 6.27. The van der Waals surface area contributed by atoms with E-state index in [1.807, 2.05) is 27.7 Å². The van der Waals surface area contributed by atoms with Crippen molar-refractivity contribution in [2.45, 2.75) is 52.2 Å². The molecule has 0 aromatic heterocycles. The molecule has 0 atom stereocenters. The molecule has 0 aromatic carbocycles. The minimum Gasteiger partial charge on any atom is -0.569 e. The molecule has 0 aromatic rings. The van der Waals surface area contributed by atoms with Gasteiger partial charge in [0.25, 0.3) is 0 Å². The third kappa shape index (κ3) is 4.38. The average molecular weight is 244 g/mol. The van der Waals surface area contributed by atoms with Crippen molar-refractivity contribution in [1.29, 1.82) is 0 Å². The molecule has 1 fully saturated rings. The van der Waals surface area contributed by atoms with Crippen LogP contribution in [0.2, 0.25) is 0 Å². The van der Waals surface area contributed by atoms with Gasteiger partial charge in [-0.3, -0.25) is 0 Å². The van der Waals surface area contributed by atoms with E-state index >= 15 is 0 Å². The van der Waals surface area contributed by atoms with Crippen LogP contribution in [0.25, 0.3) is 0 Å². The van der Waals surface area contributed by atoms with Crippen LogP contribution >= 0.6 is 0 Å². The van der Waals surface area contributed by atoms with Gasteiger partial charge in [-0.1, -0.05) is 0 Å². The van der Waals surface area contributed by atoms with Gasteiger partial charge >= 0.3 is 0 Å². The Bertz CT molecular complexity index is 257. The van der Waals surface area contributed by atoms with Crippen LogP contribution in [0.15, 0.2) is 5.28 Å². The van der Waals surface area contributed by atoms with E-state index in [9.17, 15) is 5.21 Å². The van der Waals surface area contributed by atoms with Crippen molar-refractivity contribution < 1.29 is 9.81 Å². The van der Waals surface area contributed by atoms with Crippen LogP contribution in [-0.4, -0.2) is 41.3 Å². The van der Waals surface area contributed by atoms with Crippen LogP contribution < -0.4 is 5.32 Å². The highest BCUT2D eigenvalue weighted by molar-refractivity contribution is 4.68. The van der Waals surface area contributed by atoms with Crippen LogP contribution in [0.3, 0.4) is 0 Å². The third-order valence-electron chi connectivity index (χ3n) is 2.83. The molecule has 0 spiro atoms. The van der Waals surface area contributed by atoms with Gasteiger partial charge in [-0.2, -0.15) is 0 Å². The maximum atomic E-state index is 11.8. The fourth-order valence-electron chi connectivity index (χ4n) is 1.90. The predicted octanol–water partition coefficient (Wildman–Crippen LogP) is 1.67. The molecule has 17 heavy (non-hydrogen) atoms. The molecule has 0 saturated carbocycles. The Morgan fingerprint density at radius 3 is 2.47 bits per heavy atom. The Kier molecular flexibility index (Phi) is 4.99. The van der Waals surface area contributed by atoms with Crippen molar-refractivity contribution in [3.63, 3.8) is 0 Å². The van der Waals surface area contributed by atoms with Crippen molar-refractivity contribution in [2.24, 2.45) is 5.28 Å². The summed E-state index contributed by atoms with van der Waals surface area (Å²) in [6.45, 7) is 10.3. The highest BCUT2D eigenvalue weighted by atomic mass is 16.7. The third-order valence-corrected chi connectivity index (χ3v) is 2.83. The molecule has 1 saturated heterocycles. The molecule has 1 N–H and O–H groups in total. The molecule has 1 aliphatic rings. The van der Waals surface area contributed by atoms with Crippen molar-refractivity contribution in [2.75, 3.05) is 19.6 Å². The summed E-state index contributed by atoms with van der Waals surface area (Å²) in [6.07, 6.45) is 1.86. The summed E-state index contributed by atoms with van der Waals surface area (Å²) < 4.78 is 0. The van der Waals surface area contributed by atoms with Gasteiger partial charge in [0.05, 0.1) is 17.1 Å². The van der Waals surface area contributed by atoms with Crippen molar-refractivity contribution in [3.05, 3.63) is 5.21 Å². The standard InChI is InChI=1S/C11H24N4O2/c1-5-14(11(2,3)4)15(16)13-17-10-6-8-12-9-7-10/h10,12H,5-9H2,1-4H3/b15-13-. The quantitative estimate of drug-likeness (QED) is 0.464. The van der Waals surface area contributed by atoms with E-state index < -0.39 is 0 Å². The highest BCUT2D eigenvalue weighted by Gasteiger charge is 2.27. The van der Waals surface area contributed by atoms with E-state index in [0.717, 1.165) is 25.9 Å². The second kappa shape index (κ2) is 6.05. The van der Waals surface area contributed by atoms with Gasteiger partial charge in [-0.25, -0.2) is 0 Å². The van der Waals surface area contributed by atoms with Crippen LogP contribution in [0, 0.1) is 5.21 Å². The number of piperidine rings is 1. The van der Waals surface area contributed by atoms with E-state index in [4.69, 9.17) is 4.84 Å². The molecule has 0 unspecified atom stereocenters. The molecular weight excluding hydrogens is 220 g/mol. The highest BCUT2D eigenvalue weighted by Crippen LogP contribution is 2.14. The number of nitrogens with zero attached hydrogens (tertiary/aromatic N) is 3. The van der Waals surface area contributed by atoms with Crippen molar-refractivity contribution in [1.82, 2.24) is 10.3 Å². The number of rotatable bonds is 4. The Balaban J connectivity index is 2.51. The average Bonchev–Trinajstić information content (AvgIpc) is 2.27. The second-order valence-corrected chi connectivity index (χ2v) is 5.28. The van der Waals surface area contributed by atoms with Gasteiger partial charge in [-0.05, 0) is 53.6 Å². The smallest absolute Gasteiger partial charge is 0.233 e. The first-order chi connectivity index (χ1) is 7.95. The summed E-state index contributed by atoms with van der Waals surface area (Å²) in [5, 5.41) is 20.3. The molecule has 100 valence electrons. The van der Waals surface area contributed by atoms with Gasteiger partial charge < -0.3 is 15.4 Å². The van der Waals surface area contributed by atoms with Gasteiger partial charge in [0, 0.05) is 0 Å². The molecule has 0 aliphatic carbocycles. The van der Waals surface area contributed by atoms with Gasteiger partial charge in [0.1, 0.15) is 6.10 Å². The lowest BCUT2D eigenvalue weighted by Crippen LogP contribution is -2.45. The first-order valence-corrected chi connectivity index (χ1v) is 6.27. The molecule has 6 heteroatoms. The molecule has 1 rings (SSSR count). The number of hydrazine groups is 1. The predicted molar refractivity (Wildman–Crippen MR) is 65.2 cm³/mol. The van der Waals surface area contributed by atoms with E-state index in [1.54, 1.807) is 5.01 Å². The molecule has 1 heterocycles. The molecule has 6 nitrogen and oxygen atoms in total. The Hall–Kier alpha value is -1.04. The molecule has 0 amide bonds. The maximum Gasteiger partial charge on any atom is 0.233 e. The molecular formula is C11H24N4O2. The summed E-state index contributed by atoms with van der Waals surface area (Å²) in [5.74, 6) is 0. The molecule has 1 aliphatic heterocycles. The van der Waals surface area contributed by atoms with E-state index in [-0.39, 0.29) is 11.6 Å². The van der Waals surface area contributed by atoms with E-state index in [1.165, 1.54) is 0 Å². The number of hydrogen-bond donors (Lipinski definition) is 1. The van der Waals surface area contributed by atoms with Crippen LogP contribution in [0.4, 0.5) is 0 Å². The summed E-state index contributed by atoms with van der Waals surface area (Å²) in [6, 6.07) is 0. The Labute approximate surface area is 103 Å². The zero-order valence-electron chi connectivity index (χ0n) is 11.3. The molecule has 0 bridgehead atoms. The van der Waals surface area contributed by atoms with Gasteiger partial charge in [0.15, 0.2) is 0 Å².